The second-order valence-corrected chi connectivity index (χ2v) is 8.37. The number of hydrogen-bond acceptors (Lipinski definition) is 4. The molecule has 6 heteroatoms. The van der Waals surface area contributed by atoms with Gasteiger partial charge in [0.15, 0.2) is 6.54 Å². The van der Waals surface area contributed by atoms with E-state index in [0.717, 1.165) is 47.0 Å². The molecule has 0 fully saturated rings. The van der Waals surface area contributed by atoms with Crippen molar-refractivity contribution in [3.8, 4) is 11.8 Å². The number of ether oxygens (including phenoxy) is 1. The first kappa shape index (κ1) is 19.4. The number of nitrogens with zero attached hydrogens (tertiary/aromatic N) is 1. The van der Waals surface area contributed by atoms with Gasteiger partial charge in [0.2, 0.25) is 0 Å². The molecule has 2 atom stereocenters. The highest BCUT2D eigenvalue weighted by Gasteiger charge is 2.25. The lowest BCUT2D eigenvalue weighted by Crippen LogP contribution is -3.10. The fraction of sp³-hybridized carbons (Fsp3) is 0.429. The van der Waals surface area contributed by atoms with Crippen molar-refractivity contribution in [2.45, 2.75) is 26.2 Å². The molecule has 3 rings (SSSR count). The van der Waals surface area contributed by atoms with Gasteiger partial charge in [-0.05, 0) is 42.9 Å². The summed E-state index contributed by atoms with van der Waals surface area (Å²) in [7, 11) is 1.97. The fourth-order valence-corrected chi connectivity index (χ4v) is 4.73. The van der Waals surface area contributed by atoms with E-state index in [0.29, 0.717) is 24.6 Å². The van der Waals surface area contributed by atoms with Crippen LogP contribution in [0.1, 0.15) is 29.3 Å². The fourth-order valence-electron chi connectivity index (χ4n) is 3.35. The molecule has 1 amide bonds. The maximum Gasteiger partial charge on any atom is 0.280 e. The molecule has 1 aromatic heterocycles. The summed E-state index contributed by atoms with van der Waals surface area (Å²) in [6, 6.07) is 12.0. The highest BCUT2D eigenvalue weighted by molar-refractivity contribution is 7.16. The zero-order valence-electron chi connectivity index (χ0n) is 15.9. The Morgan fingerprint density at radius 2 is 2.19 bits per heavy atom. The number of anilines is 1. The lowest BCUT2D eigenvalue weighted by atomic mass is 9.89. The maximum atomic E-state index is 12.4. The van der Waals surface area contributed by atoms with Gasteiger partial charge in [0, 0.05) is 4.88 Å². The Hall–Kier alpha value is -2.36. The molecule has 142 valence electrons. The largest absolute Gasteiger partial charge is 0.488 e. The number of benzene rings is 1. The van der Waals surface area contributed by atoms with Crippen LogP contribution in [0.25, 0.3) is 0 Å². The molecular weight excluding hydrogens is 358 g/mol. The maximum absolute atomic E-state index is 12.4. The van der Waals surface area contributed by atoms with Crippen LogP contribution in [0.4, 0.5) is 5.00 Å². The van der Waals surface area contributed by atoms with Crippen LogP contribution in [-0.2, 0) is 17.6 Å². The number of para-hydroxylation sites is 1. The Morgan fingerprint density at radius 3 is 2.93 bits per heavy atom. The predicted molar refractivity (Wildman–Crippen MR) is 107 cm³/mol. The van der Waals surface area contributed by atoms with Crippen molar-refractivity contribution >= 4 is 22.2 Å². The molecule has 0 spiro atoms. The molecule has 0 radical (unpaired) electrons. The number of fused-ring (bicyclic) bond motifs is 1. The van der Waals surface area contributed by atoms with E-state index >= 15 is 0 Å². The summed E-state index contributed by atoms with van der Waals surface area (Å²) in [4.78, 5) is 14.8. The average Bonchev–Trinajstić information content (AvgIpc) is 2.98. The summed E-state index contributed by atoms with van der Waals surface area (Å²) < 4.78 is 5.68. The van der Waals surface area contributed by atoms with Crippen LogP contribution in [-0.4, -0.2) is 32.7 Å². The van der Waals surface area contributed by atoms with Crippen molar-refractivity contribution in [2.75, 3.05) is 32.1 Å². The number of quaternary nitrogens is 1. The minimum atomic E-state index is -0.0599. The molecule has 5 nitrogen and oxygen atoms in total. The average molecular weight is 385 g/mol. The summed E-state index contributed by atoms with van der Waals surface area (Å²) in [6.07, 6.45) is 3.06. The van der Waals surface area contributed by atoms with Gasteiger partial charge in [-0.25, -0.2) is 0 Å². The second-order valence-electron chi connectivity index (χ2n) is 7.26. The van der Waals surface area contributed by atoms with E-state index in [1.165, 1.54) is 4.88 Å². The Morgan fingerprint density at radius 1 is 1.41 bits per heavy atom. The summed E-state index contributed by atoms with van der Waals surface area (Å²) >= 11 is 1.57. The molecule has 1 aliphatic rings. The Labute approximate surface area is 164 Å². The number of nitrogens with one attached hydrogen (secondary N) is 2. The molecule has 1 heterocycles. The number of rotatable bonds is 7. The lowest BCUT2D eigenvalue weighted by Gasteiger charge is -2.17. The van der Waals surface area contributed by atoms with E-state index in [9.17, 15) is 10.1 Å². The Balaban J connectivity index is 1.51. The molecule has 0 saturated carbocycles. The molecule has 0 aliphatic heterocycles. The number of carbonyl (C=O) groups is 1. The molecule has 1 aromatic carbocycles. The quantitative estimate of drug-likeness (QED) is 0.770. The number of hydrogen-bond donors (Lipinski definition) is 2. The standard InChI is InChI=1S/C21H25N3O2S/c1-15-8-9-17-18(13-22)21(27-19(17)12-15)23-20(25)14-24(2)10-11-26-16-6-4-3-5-7-16/h3-7,15H,8-12,14H2,1-2H3,(H,23,25)/p+1/t15-/m1/s1. The van der Waals surface area contributed by atoms with Crippen LogP contribution in [0, 0.1) is 17.2 Å². The third-order valence-electron chi connectivity index (χ3n) is 4.88. The third-order valence-corrected chi connectivity index (χ3v) is 6.05. The van der Waals surface area contributed by atoms with Crippen LogP contribution in [0.2, 0.25) is 0 Å². The van der Waals surface area contributed by atoms with Crippen LogP contribution >= 0.6 is 11.3 Å². The van der Waals surface area contributed by atoms with Crippen molar-refractivity contribution < 1.29 is 14.4 Å². The van der Waals surface area contributed by atoms with Gasteiger partial charge in [-0.3, -0.25) is 4.79 Å². The normalized spacial score (nSPS) is 16.9. The van der Waals surface area contributed by atoms with Gasteiger partial charge >= 0.3 is 0 Å². The molecule has 2 aromatic rings. The highest BCUT2D eigenvalue weighted by Crippen LogP contribution is 2.39. The molecule has 1 aliphatic carbocycles. The monoisotopic (exact) mass is 384 g/mol. The summed E-state index contributed by atoms with van der Waals surface area (Å²) in [5.41, 5.74) is 1.81. The minimum absolute atomic E-state index is 0.0599. The number of carbonyl (C=O) groups excluding carboxylic acids is 1. The Kier molecular flexibility index (Phi) is 6.49. The summed E-state index contributed by atoms with van der Waals surface area (Å²) in [5.74, 6) is 1.42. The first-order valence-corrected chi connectivity index (χ1v) is 10.2. The van der Waals surface area contributed by atoms with Gasteiger partial charge < -0.3 is 15.0 Å². The van der Waals surface area contributed by atoms with E-state index < -0.39 is 0 Å². The summed E-state index contributed by atoms with van der Waals surface area (Å²) in [6.45, 7) is 3.87. The SMILES string of the molecule is C[C@@H]1CCc2c(sc(NC(=O)C[NH+](C)CCOc3ccccc3)c2C#N)C1. The van der Waals surface area contributed by atoms with Gasteiger partial charge in [0.25, 0.3) is 5.91 Å². The predicted octanol–water partition coefficient (Wildman–Crippen LogP) is 2.28. The number of amides is 1. The topological polar surface area (TPSA) is 66.6 Å². The van der Waals surface area contributed by atoms with Gasteiger partial charge in [0.05, 0.1) is 12.6 Å². The first-order chi connectivity index (χ1) is 13.1. The van der Waals surface area contributed by atoms with Gasteiger partial charge in [-0.15, -0.1) is 11.3 Å². The van der Waals surface area contributed by atoms with E-state index in [1.807, 2.05) is 37.4 Å². The van der Waals surface area contributed by atoms with Crippen molar-refractivity contribution in [2.24, 2.45) is 5.92 Å². The van der Waals surface area contributed by atoms with Crippen LogP contribution in [0.5, 0.6) is 5.75 Å². The molecule has 0 bridgehead atoms. The molecular formula is C21H26N3O2S+. The number of likely N-dealkylation sites (N-methyl/N-ethyl adjacent to an activating group) is 1. The van der Waals surface area contributed by atoms with Crippen molar-refractivity contribution in [3.05, 3.63) is 46.3 Å². The van der Waals surface area contributed by atoms with Crippen molar-refractivity contribution in [1.82, 2.24) is 0 Å². The number of thiophene rings is 1. The molecule has 2 N–H and O–H groups in total. The van der Waals surface area contributed by atoms with Gasteiger partial charge in [-0.2, -0.15) is 5.26 Å². The lowest BCUT2D eigenvalue weighted by molar-refractivity contribution is -0.871. The van der Waals surface area contributed by atoms with E-state index in [4.69, 9.17) is 4.74 Å². The number of nitriles is 1. The highest BCUT2D eigenvalue weighted by atomic mass is 32.1. The minimum Gasteiger partial charge on any atom is -0.488 e. The Bertz CT molecular complexity index is 826. The molecule has 1 unspecified atom stereocenters. The van der Waals surface area contributed by atoms with Gasteiger partial charge in [0.1, 0.15) is 30.0 Å². The smallest absolute Gasteiger partial charge is 0.280 e. The van der Waals surface area contributed by atoms with Crippen molar-refractivity contribution in [1.29, 1.82) is 5.26 Å². The zero-order chi connectivity index (χ0) is 19.2. The zero-order valence-corrected chi connectivity index (χ0v) is 16.7. The van der Waals surface area contributed by atoms with E-state index in [2.05, 4.69) is 18.3 Å². The molecule has 0 saturated heterocycles. The van der Waals surface area contributed by atoms with Crippen LogP contribution in [0.3, 0.4) is 0 Å². The summed E-state index contributed by atoms with van der Waals surface area (Å²) in [5, 5.41) is 13.2. The van der Waals surface area contributed by atoms with E-state index in [1.54, 1.807) is 11.3 Å². The van der Waals surface area contributed by atoms with Gasteiger partial charge in [-0.1, -0.05) is 25.1 Å². The van der Waals surface area contributed by atoms with Crippen LogP contribution < -0.4 is 15.0 Å². The third kappa shape index (κ3) is 5.09. The van der Waals surface area contributed by atoms with Crippen molar-refractivity contribution in [3.63, 3.8) is 0 Å². The molecule has 27 heavy (non-hydrogen) atoms. The second kappa shape index (κ2) is 9.03. The van der Waals surface area contributed by atoms with E-state index in [-0.39, 0.29) is 5.91 Å². The first-order valence-electron chi connectivity index (χ1n) is 9.40. The van der Waals surface area contributed by atoms with Crippen LogP contribution in [0.15, 0.2) is 30.3 Å².